The first-order valence-electron chi connectivity index (χ1n) is 5.98. The summed E-state index contributed by atoms with van der Waals surface area (Å²) in [7, 11) is 0. The summed E-state index contributed by atoms with van der Waals surface area (Å²) in [6.45, 7) is 6.67. The Labute approximate surface area is 107 Å². The maximum absolute atomic E-state index is 11.9. The van der Waals surface area contributed by atoms with Crippen molar-refractivity contribution in [3.8, 4) is 0 Å². The van der Waals surface area contributed by atoms with Crippen LogP contribution in [0.4, 0.5) is 4.79 Å². The molecule has 1 aliphatic rings. The van der Waals surface area contributed by atoms with Gasteiger partial charge in [-0.15, -0.1) is 0 Å². The second-order valence-electron chi connectivity index (χ2n) is 5.30. The monoisotopic (exact) mass is 245 g/mol. The number of likely N-dealkylation sites (tertiary alicyclic amines) is 1. The number of amides is 3. The van der Waals surface area contributed by atoms with E-state index in [-0.39, 0.29) is 17.4 Å². The number of nitrogens with one attached hydrogen (secondary N) is 1. The number of imide groups is 1. The molecule has 0 saturated carbocycles. The lowest BCUT2D eigenvalue weighted by molar-refractivity contribution is 0.0955. The van der Waals surface area contributed by atoms with Crippen molar-refractivity contribution < 1.29 is 9.59 Å². The van der Waals surface area contributed by atoms with Crippen LogP contribution in [0.25, 0.3) is 0 Å². The summed E-state index contributed by atoms with van der Waals surface area (Å²) in [6, 6.07) is 8.37. The molecule has 4 nitrogen and oxygen atoms in total. The van der Waals surface area contributed by atoms with Crippen LogP contribution in [0.1, 0.15) is 30.6 Å². The van der Waals surface area contributed by atoms with Crippen LogP contribution in [0.15, 0.2) is 30.3 Å². The SMILES string of the molecule is CC1(C)C[CH]N(C(=O)NC(=O)c2ccccc2)C1. The third-order valence-electron chi connectivity index (χ3n) is 2.98. The lowest BCUT2D eigenvalue weighted by atomic mass is 9.93. The standard InChI is InChI=1S/C14H17N2O2/c1-14(2)8-9-16(10-14)13(18)15-12(17)11-6-4-3-5-7-11/h3-7,9H,8,10H2,1-2H3,(H,15,17,18). The highest BCUT2D eigenvalue weighted by molar-refractivity contribution is 6.04. The summed E-state index contributed by atoms with van der Waals surface area (Å²) < 4.78 is 0. The van der Waals surface area contributed by atoms with E-state index in [0.29, 0.717) is 12.1 Å². The Bertz CT molecular complexity index is 454. The van der Waals surface area contributed by atoms with Crippen molar-refractivity contribution >= 4 is 11.9 Å². The van der Waals surface area contributed by atoms with Crippen LogP contribution in [-0.2, 0) is 0 Å². The maximum Gasteiger partial charge on any atom is 0.324 e. The zero-order valence-corrected chi connectivity index (χ0v) is 10.6. The molecule has 1 aromatic rings. The zero-order valence-electron chi connectivity index (χ0n) is 10.6. The average molecular weight is 245 g/mol. The molecule has 1 radical (unpaired) electrons. The third-order valence-corrected chi connectivity index (χ3v) is 2.98. The lowest BCUT2D eigenvalue weighted by Gasteiger charge is -2.19. The minimum absolute atomic E-state index is 0.0904. The van der Waals surface area contributed by atoms with E-state index in [4.69, 9.17) is 0 Å². The van der Waals surface area contributed by atoms with Crippen LogP contribution < -0.4 is 5.32 Å². The smallest absolute Gasteiger partial charge is 0.319 e. The number of carbonyl (C=O) groups excluding carboxylic acids is 2. The van der Waals surface area contributed by atoms with E-state index in [1.54, 1.807) is 29.2 Å². The second-order valence-corrected chi connectivity index (χ2v) is 5.30. The fraction of sp³-hybridized carbons (Fsp3) is 0.357. The van der Waals surface area contributed by atoms with E-state index in [1.165, 1.54) is 0 Å². The molecular formula is C14H17N2O2. The van der Waals surface area contributed by atoms with Gasteiger partial charge in [0.15, 0.2) is 0 Å². The number of urea groups is 1. The molecule has 4 heteroatoms. The van der Waals surface area contributed by atoms with Gasteiger partial charge in [0, 0.05) is 12.1 Å². The number of hydrogen-bond acceptors (Lipinski definition) is 2. The number of benzene rings is 1. The van der Waals surface area contributed by atoms with Crippen LogP contribution in [0.2, 0.25) is 0 Å². The Morgan fingerprint density at radius 2 is 1.89 bits per heavy atom. The largest absolute Gasteiger partial charge is 0.324 e. The van der Waals surface area contributed by atoms with Crippen molar-refractivity contribution in [2.75, 3.05) is 6.54 Å². The van der Waals surface area contributed by atoms with E-state index in [0.717, 1.165) is 6.42 Å². The van der Waals surface area contributed by atoms with E-state index >= 15 is 0 Å². The summed E-state index contributed by atoms with van der Waals surface area (Å²) >= 11 is 0. The molecule has 0 spiro atoms. The Hall–Kier alpha value is -1.84. The Kier molecular flexibility index (Phi) is 3.36. The number of carbonyl (C=O) groups is 2. The number of hydrogen-bond donors (Lipinski definition) is 1. The normalized spacial score (nSPS) is 17.6. The minimum atomic E-state index is -0.362. The first-order chi connectivity index (χ1) is 8.48. The van der Waals surface area contributed by atoms with Crippen LogP contribution in [0.5, 0.6) is 0 Å². The molecule has 1 saturated heterocycles. The van der Waals surface area contributed by atoms with Crippen LogP contribution in [0, 0.1) is 12.0 Å². The molecule has 1 heterocycles. The number of nitrogens with zero attached hydrogens (tertiary/aromatic N) is 1. The van der Waals surface area contributed by atoms with Crippen molar-refractivity contribution in [1.82, 2.24) is 10.2 Å². The maximum atomic E-state index is 11.9. The second kappa shape index (κ2) is 4.80. The Balaban J connectivity index is 1.95. The molecule has 18 heavy (non-hydrogen) atoms. The molecular weight excluding hydrogens is 228 g/mol. The van der Waals surface area contributed by atoms with Gasteiger partial charge in [0.25, 0.3) is 5.91 Å². The molecule has 3 amide bonds. The first kappa shape index (κ1) is 12.6. The van der Waals surface area contributed by atoms with Gasteiger partial charge in [0.1, 0.15) is 0 Å². The minimum Gasteiger partial charge on any atom is -0.319 e. The molecule has 0 atom stereocenters. The summed E-state index contributed by atoms with van der Waals surface area (Å²) in [4.78, 5) is 25.3. The third kappa shape index (κ3) is 2.88. The van der Waals surface area contributed by atoms with Crippen molar-refractivity contribution in [3.05, 3.63) is 42.4 Å². The van der Waals surface area contributed by atoms with Crippen LogP contribution in [0.3, 0.4) is 0 Å². The summed E-state index contributed by atoms with van der Waals surface area (Å²) in [6.07, 6.45) is 0.847. The Morgan fingerprint density at radius 3 is 2.44 bits per heavy atom. The molecule has 1 N–H and O–H groups in total. The van der Waals surface area contributed by atoms with Gasteiger partial charge in [-0.25, -0.2) is 4.79 Å². The van der Waals surface area contributed by atoms with Crippen LogP contribution >= 0.6 is 0 Å². The fourth-order valence-corrected chi connectivity index (χ4v) is 1.93. The molecule has 0 unspecified atom stereocenters. The van der Waals surface area contributed by atoms with Gasteiger partial charge in [-0.3, -0.25) is 10.1 Å². The van der Waals surface area contributed by atoms with E-state index in [2.05, 4.69) is 19.2 Å². The van der Waals surface area contributed by atoms with Gasteiger partial charge in [0.05, 0.1) is 6.54 Å². The van der Waals surface area contributed by atoms with Gasteiger partial charge in [-0.1, -0.05) is 32.0 Å². The quantitative estimate of drug-likeness (QED) is 0.826. The highest BCUT2D eigenvalue weighted by Crippen LogP contribution is 2.31. The molecule has 1 aromatic carbocycles. The van der Waals surface area contributed by atoms with Crippen molar-refractivity contribution in [3.63, 3.8) is 0 Å². The summed E-state index contributed by atoms with van der Waals surface area (Å²) in [5.41, 5.74) is 0.581. The van der Waals surface area contributed by atoms with E-state index in [1.807, 2.05) is 12.6 Å². The average Bonchev–Trinajstić information content (AvgIpc) is 2.71. The molecule has 2 rings (SSSR count). The van der Waals surface area contributed by atoms with Gasteiger partial charge < -0.3 is 4.90 Å². The lowest BCUT2D eigenvalue weighted by Crippen LogP contribution is -2.41. The molecule has 0 aliphatic carbocycles. The molecule has 0 aromatic heterocycles. The van der Waals surface area contributed by atoms with Gasteiger partial charge in [-0.05, 0) is 24.0 Å². The highest BCUT2D eigenvalue weighted by atomic mass is 16.2. The number of rotatable bonds is 1. The molecule has 0 bridgehead atoms. The van der Waals surface area contributed by atoms with Crippen LogP contribution in [-0.4, -0.2) is 23.4 Å². The molecule has 1 fully saturated rings. The van der Waals surface area contributed by atoms with Gasteiger partial charge in [-0.2, -0.15) is 0 Å². The first-order valence-corrected chi connectivity index (χ1v) is 5.98. The summed E-state index contributed by atoms with van der Waals surface area (Å²) in [5, 5.41) is 2.39. The topological polar surface area (TPSA) is 49.4 Å². The summed E-state index contributed by atoms with van der Waals surface area (Å²) in [5.74, 6) is -0.362. The van der Waals surface area contributed by atoms with Crippen molar-refractivity contribution in [2.45, 2.75) is 20.3 Å². The highest BCUT2D eigenvalue weighted by Gasteiger charge is 2.33. The van der Waals surface area contributed by atoms with Crippen molar-refractivity contribution in [1.29, 1.82) is 0 Å². The van der Waals surface area contributed by atoms with Gasteiger partial charge in [0.2, 0.25) is 0 Å². The molecule has 95 valence electrons. The van der Waals surface area contributed by atoms with Gasteiger partial charge >= 0.3 is 6.03 Å². The van der Waals surface area contributed by atoms with Crippen molar-refractivity contribution in [2.24, 2.45) is 5.41 Å². The fourth-order valence-electron chi connectivity index (χ4n) is 1.93. The zero-order chi connectivity index (χ0) is 13.2. The van der Waals surface area contributed by atoms with E-state index < -0.39 is 0 Å². The molecule has 1 aliphatic heterocycles. The van der Waals surface area contributed by atoms with E-state index in [9.17, 15) is 9.59 Å². The predicted octanol–water partition coefficient (Wildman–Crippen LogP) is 2.43. The predicted molar refractivity (Wildman–Crippen MR) is 68.7 cm³/mol. The Morgan fingerprint density at radius 1 is 1.22 bits per heavy atom.